The molecule has 134 valence electrons. The van der Waals surface area contributed by atoms with E-state index in [0.717, 1.165) is 0 Å². The highest BCUT2D eigenvalue weighted by molar-refractivity contribution is 5.94. The van der Waals surface area contributed by atoms with Crippen LogP contribution in [0.25, 0.3) is 6.08 Å². The van der Waals surface area contributed by atoms with Gasteiger partial charge in [0.25, 0.3) is 11.6 Å². The van der Waals surface area contributed by atoms with Crippen LogP contribution in [0.5, 0.6) is 5.75 Å². The van der Waals surface area contributed by atoms with Crippen LogP contribution in [-0.2, 0) is 14.3 Å². The van der Waals surface area contributed by atoms with Crippen molar-refractivity contribution in [3.63, 3.8) is 0 Å². The van der Waals surface area contributed by atoms with Crippen LogP contribution in [0.4, 0.5) is 11.4 Å². The first-order valence-electron chi connectivity index (χ1n) is 7.52. The second kappa shape index (κ2) is 8.97. The highest BCUT2D eigenvalue weighted by Gasteiger charge is 2.08. The molecule has 26 heavy (non-hydrogen) atoms. The Bertz CT molecular complexity index is 830. The zero-order chi connectivity index (χ0) is 18.9. The summed E-state index contributed by atoms with van der Waals surface area (Å²) in [6.45, 7) is -0.480. The number of benzene rings is 2. The number of anilines is 1. The molecule has 2 aromatic rings. The number of non-ortho nitro benzene ring substituents is 1. The van der Waals surface area contributed by atoms with Crippen molar-refractivity contribution >= 4 is 29.3 Å². The predicted molar refractivity (Wildman–Crippen MR) is 94.7 cm³/mol. The molecule has 1 N–H and O–H groups in total. The number of methoxy groups -OCH3 is 1. The molecule has 0 fully saturated rings. The number of rotatable bonds is 7. The summed E-state index contributed by atoms with van der Waals surface area (Å²) in [6.07, 6.45) is 2.71. The number of carbonyl (C=O) groups excluding carboxylic acids is 2. The first kappa shape index (κ1) is 18.7. The minimum absolute atomic E-state index is 0.0871. The summed E-state index contributed by atoms with van der Waals surface area (Å²) in [7, 11) is 1.52. The molecule has 0 aliphatic carbocycles. The fraction of sp³-hybridized carbons (Fsp3) is 0.111. The maximum absolute atomic E-state index is 11.7. The lowest BCUT2D eigenvalue weighted by molar-refractivity contribution is -0.384. The SMILES string of the molecule is COc1ccccc1/C=C/C(=O)OCC(=O)Nc1ccc([N+](=O)[O-])cc1. The minimum Gasteiger partial charge on any atom is -0.496 e. The van der Waals surface area contributed by atoms with Gasteiger partial charge in [-0.15, -0.1) is 0 Å². The summed E-state index contributed by atoms with van der Waals surface area (Å²) >= 11 is 0. The average molecular weight is 356 g/mol. The number of nitrogens with zero attached hydrogens (tertiary/aromatic N) is 1. The van der Waals surface area contributed by atoms with Gasteiger partial charge in [-0.2, -0.15) is 0 Å². The van der Waals surface area contributed by atoms with Gasteiger partial charge in [0.1, 0.15) is 5.75 Å². The summed E-state index contributed by atoms with van der Waals surface area (Å²) in [5.41, 5.74) is 0.972. The lowest BCUT2D eigenvalue weighted by Crippen LogP contribution is -2.20. The topological polar surface area (TPSA) is 108 Å². The van der Waals surface area contributed by atoms with E-state index < -0.39 is 23.4 Å². The fourth-order valence-corrected chi connectivity index (χ4v) is 2.01. The van der Waals surface area contributed by atoms with Crippen LogP contribution in [0.1, 0.15) is 5.56 Å². The second-order valence-corrected chi connectivity index (χ2v) is 5.04. The predicted octanol–water partition coefficient (Wildman–Crippen LogP) is 2.80. The Labute approximate surface area is 149 Å². The van der Waals surface area contributed by atoms with Crippen molar-refractivity contribution in [2.24, 2.45) is 0 Å². The van der Waals surface area contributed by atoms with Crippen molar-refractivity contribution in [1.29, 1.82) is 0 Å². The summed E-state index contributed by atoms with van der Waals surface area (Å²) in [4.78, 5) is 33.5. The van der Waals surface area contributed by atoms with E-state index >= 15 is 0 Å². The Morgan fingerprint density at radius 3 is 2.50 bits per heavy atom. The van der Waals surface area contributed by atoms with Gasteiger partial charge in [0, 0.05) is 29.5 Å². The standard InChI is InChI=1S/C18H16N2O6/c1-25-16-5-3-2-4-13(16)6-11-18(22)26-12-17(21)19-14-7-9-15(10-8-14)20(23)24/h2-11H,12H2,1H3,(H,19,21)/b11-6+. The molecule has 0 unspecified atom stereocenters. The van der Waals surface area contributed by atoms with E-state index in [1.165, 1.54) is 43.5 Å². The number of hydrogen-bond acceptors (Lipinski definition) is 6. The van der Waals surface area contributed by atoms with E-state index in [-0.39, 0.29) is 5.69 Å². The molecule has 8 nitrogen and oxygen atoms in total. The van der Waals surface area contributed by atoms with Crippen molar-refractivity contribution in [3.05, 3.63) is 70.3 Å². The average Bonchev–Trinajstić information content (AvgIpc) is 2.65. The van der Waals surface area contributed by atoms with Crippen LogP contribution in [0.2, 0.25) is 0 Å². The minimum atomic E-state index is -0.685. The Morgan fingerprint density at radius 1 is 1.15 bits per heavy atom. The van der Waals surface area contributed by atoms with Gasteiger partial charge in [-0.25, -0.2) is 4.79 Å². The molecule has 1 amide bonds. The van der Waals surface area contributed by atoms with Gasteiger partial charge >= 0.3 is 5.97 Å². The van der Waals surface area contributed by atoms with E-state index in [1.54, 1.807) is 24.3 Å². The second-order valence-electron chi connectivity index (χ2n) is 5.04. The normalized spacial score (nSPS) is 10.3. The first-order valence-corrected chi connectivity index (χ1v) is 7.52. The van der Waals surface area contributed by atoms with Gasteiger partial charge < -0.3 is 14.8 Å². The summed E-state index contributed by atoms with van der Waals surface area (Å²) in [6, 6.07) is 12.4. The van der Waals surface area contributed by atoms with E-state index in [1.807, 2.05) is 0 Å². The highest BCUT2D eigenvalue weighted by Crippen LogP contribution is 2.18. The number of amides is 1. The molecular weight excluding hydrogens is 340 g/mol. The molecule has 0 saturated carbocycles. The van der Waals surface area contributed by atoms with Crippen LogP contribution in [0.3, 0.4) is 0 Å². The van der Waals surface area contributed by atoms with Crippen LogP contribution < -0.4 is 10.1 Å². The molecule has 0 heterocycles. The third kappa shape index (κ3) is 5.45. The number of nitro benzene ring substituents is 1. The quantitative estimate of drug-likeness (QED) is 0.354. The molecule has 0 aliphatic heterocycles. The number of hydrogen-bond donors (Lipinski definition) is 1. The first-order chi connectivity index (χ1) is 12.5. The number of nitro groups is 1. The molecular formula is C18H16N2O6. The molecule has 0 aliphatic rings. The Kier molecular flexibility index (Phi) is 6.44. The van der Waals surface area contributed by atoms with Gasteiger partial charge in [-0.1, -0.05) is 18.2 Å². The van der Waals surface area contributed by atoms with Gasteiger partial charge in [-0.05, 0) is 24.3 Å². The smallest absolute Gasteiger partial charge is 0.331 e. The third-order valence-corrected chi connectivity index (χ3v) is 3.25. The van der Waals surface area contributed by atoms with Crippen molar-refractivity contribution in [3.8, 4) is 5.75 Å². The maximum atomic E-state index is 11.7. The Morgan fingerprint density at radius 2 is 1.85 bits per heavy atom. The third-order valence-electron chi connectivity index (χ3n) is 3.25. The molecule has 8 heteroatoms. The van der Waals surface area contributed by atoms with E-state index in [0.29, 0.717) is 17.0 Å². The molecule has 0 radical (unpaired) electrons. The largest absolute Gasteiger partial charge is 0.496 e. The summed E-state index contributed by atoms with van der Waals surface area (Å²) < 4.78 is 10.0. The summed E-state index contributed by atoms with van der Waals surface area (Å²) in [5.74, 6) is -0.639. The van der Waals surface area contributed by atoms with Crippen molar-refractivity contribution < 1.29 is 24.0 Å². The van der Waals surface area contributed by atoms with Crippen LogP contribution in [0.15, 0.2) is 54.6 Å². The lowest BCUT2D eigenvalue weighted by Gasteiger charge is -2.05. The Hall–Kier alpha value is -3.68. The van der Waals surface area contributed by atoms with Gasteiger partial charge in [0.05, 0.1) is 12.0 Å². The zero-order valence-corrected chi connectivity index (χ0v) is 13.9. The molecule has 0 spiro atoms. The van der Waals surface area contributed by atoms with Crippen molar-refractivity contribution in [2.45, 2.75) is 0 Å². The number of ether oxygens (including phenoxy) is 2. The van der Waals surface area contributed by atoms with Crippen molar-refractivity contribution in [2.75, 3.05) is 19.0 Å². The molecule has 0 saturated heterocycles. The Balaban J connectivity index is 1.83. The van der Waals surface area contributed by atoms with Gasteiger partial charge in [0.2, 0.25) is 0 Å². The molecule has 2 rings (SSSR count). The van der Waals surface area contributed by atoms with Gasteiger partial charge in [0.15, 0.2) is 6.61 Å². The van der Waals surface area contributed by atoms with Crippen LogP contribution >= 0.6 is 0 Å². The summed E-state index contributed by atoms with van der Waals surface area (Å²) in [5, 5.41) is 13.0. The van der Waals surface area contributed by atoms with Gasteiger partial charge in [-0.3, -0.25) is 14.9 Å². The van der Waals surface area contributed by atoms with E-state index in [2.05, 4.69) is 5.32 Å². The van der Waals surface area contributed by atoms with E-state index in [4.69, 9.17) is 9.47 Å². The van der Waals surface area contributed by atoms with Crippen LogP contribution in [0, 0.1) is 10.1 Å². The number of carbonyl (C=O) groups is 2. The monoisotopic (exact) mass is 356 g/mol. The number of nitrogens with one attached hydrogen (secondary N) is 1. The molecule has 0 aromatic heterocycles. The van der Waals surface area contributed by atoms with E-state index in [9.17, 15) is 19.7 Å². The van der Waals surface area contributed by atoms with Crippen molar-refractivity contribution in [1.82, 2.24) is 0 Å². The highest BCUT2D eigenvalue weighted by atomic mass is 16.6. The molecule has 0 bridgehead atoms. The fourth-order valence-electron chi connectivity index (χ4n) is 2.01. The number of para-hydroxylation sites is 1. The molecule has 0 atom stereocenters. The lowest BCUT2D eigenvalue weighted by atomic mass is 10.2. The maximum Gasteiger partial charge on any atom is 0.331 e. The number of esters is 1. The van der Waals surface area contributed by atoms with Crippen LogP contribution in [-0.4, -0.2) is 30.5 Å². The molecule has 2 aromatic carbocycles. The zero-order valence-electron chi connectivity index (χ0n) is 13.9.